The second-order valence-electron chi connectivity index (χ2n) is 5.73. The Balaban J connectivity index is 2.29. The Bertz CT molecular complexity index is 431. The fourth-order valence-electron chi connectivity index (χ4n) is 3.15. The molecular weight excluding hydrogens is 246 g/mol. The van der Waals surface area contributed by atoms with Crippen LogP contribution in [-0.4, -0.2) is 23.8 Å². The predicted molar refractivity (Wildman–Crippen MR) is 77.4 cm³/mol. The largest absolute Gasteiger partial charge is 0.396 e. The molecule has 0 saturated carbocycles. The first-order chi connectivity index (χ1) is 8.46. The maximum absolute atomic E-state index is 9.17. The van der Waals surface area contributed by atoms with Crippen molar-refractivity contribution in [1.82, 2.24) is 0 Å². The molecule has 2 rings (SSSR count). The van der Waals surface area contributed by atoms with Crippen molar-refractivity contribution in [2.45, 2.75) is 39.2 Å². The smallest absolute Gasteiger partial charge is 0.0434 e. The number of rotatable bonds is 3. The quantitative estimate of drug-likeness (QED) is 0.904. The molecule has 1 heterocycles. The van der Waals surface area contributed by atoms with E-state index in [1.165, 1.54) is 11.3 Å². The van der Waals surface area contributed by atoms with Gasteiger partial charge in [0, 0.05) is 29.4 Å². The summed E-state index contributed by atoms with van der Waals surface area (Å²) in [5.74, 6) is 0.553. The summed E-state index contributed by atoms with van der Waals surface area (Å²) in [6.45, 7) is 7.99. The Morgan fingerprint density at radius 3 is 2.78 bits per heavy atom. The Morgan fingerprint density at radius 1 is 1.44 bits per heavy atom. The number of anilines is 1. The van der Waals surface area contributed by atoms with Crippen molar-refractivity contribution >= 4 is 17.3 Å². The van der Waals surface area contributed by atoms with Crippen LogP contribution in [0.25, 0.3) is 0 Å². The molecule has 1 aromatic carbocycles. The number of nitrogens with zero attached hydrogens (tertiary/aromatic N) is 1. The number of aliphatic hydroxyl groups is 1. The standard InChI is InChI=1S/C15H22ClNO/c1-11-10-13(16)4-5-14(11)17-8-6-12(7-9-18)15(17,2)3/h4-5,10,12,18H,6-9H2,1-3H3. The van der Waals surface area contributed by atoms with E-state index in [1.807, 2.05) is 12.1 Å². The lowest BCUT2D eigenvalue weighted by Crippen LogP contribution is -2.43. The molecule has 0 aliphatic carbocycles. The lowest BCUT2D eigenvalue weighted by Gasteiger charge is -2.38. The number of benzene rings is 1. The number of aryl methyl sites for hydroxylation is 1. The molecule has 0 radical (unpaired) electrons. The van der Waals surface area contributed by atoms with Gasteiger partial charge in [0.15, 0.2) is 0 Å². The Kier molecular flexibility index (Phi) is 3.88. The van der Waals surface area contributed by atoms with E-state index in [-0.39, 0.29) is 12.1 Å². The minimum Gasteiger partial charge on any atom is -0.396 e. The average molecular weight is 268 g/mol. The first kappa shape index (κ1) is 13.7. The highest BCUT2D eigenvalue weighted by Crippen LogP contribution is 2.41. The van der Waals surface area contributed by atoms with Gasteiger partial charge in [-0.25, -0.2) is 0 Å². The topological polar surface area (TPSA) is 23.5 Å². The van der Waals surface area contributed by atoms with Gasteiger partial charge in [0.2, 0.25) is 0 Å². The van der Waals surface area contributed by atoms with E-state index in [0.29, 0.717) is 5.92 Å². The highest BCUT2D eigenvalue weighted by Gasteiger charge is 2.41. The van der Waals surface area contributed by atoms with Gasteiger partial charge in [0.25, 0.3) is 0 Å². The molecule has 2 nitrogen and oxygen atoms in total. The second-order valence-corrected chi connectivity index (χ2v) is 6.17. The summed E-state index contributed by atoms with van der Waals surface area (Å²) in [4.78, 5) is 2.46. The molecule has 1 atom stereocenters. The molecule has 100 valence electrons. The van der Waals surface area contributed by atoms with Crippen LogP contribution in [0.2, 0.25) is 5.02 Å². The molecule has 0 aromatic heterocycles. The summed E-state index contributed by atoms with van der Waals surface area (Å²) < 4.78 is 0. The average Bonchev–Trinajstić information content (AvgIpc) is 2.56. The zero-order chi connectivity index (χ0) is 13.3. The maximum atomic E-state index is 9.17. The van der Waals surface area contributed by atoms with Crippen LogP contribution in [0, 0.1) is 12.8 Å². The van der Waals surface area contributed by atoms with Crippen LogP contribution in [0.3, 0.4) is 0 Å². The number of halogens is 1. The van der Waals surface area contributed by atoms with Crippen molar-refractivity contribution in [1.29, 1.82) is 0 Å². The Hall–Kier alpha value is -0.730. The van der Waals surface area contributed by atoms with Gasteiger partial charge in [0.05, 0.1) is 0 Å². The van der Waals surface area contributed by atoms with Crippen LogP contribution < -0.4 is 4.90 Å². The van der Waals surface area contributed by atoms with Crippen LogP contribution in [0.15, 0.2) is 18.2 Å². The van der Waals surface area contributed by atoms with Gasteiger partial charge in [-0.15, -0.1) is 0 Å². The fraction of sp³-hybridized carbons (Fsp3) is 0.600. The van der Waals surface area contributed by atoms with Crippen LogP contribution in [0.1, 0.15) is 32.3 Å². The highest BCUT2D eigenvalue weighted by atomic mass is 35.5. The van der Waals surface area contributed by atoms with E-state index >= 15 is 0 Å². The normalized spacial score (nSPS) is 22.5. The number of aliphatic hydroxyl groups excluding tert-OH is 1. The molecule has 0 bridgehead atoms. The highest BCUT2D eigenvalue weighted by molar-refractivity contribution is 6.30. The van der Waals surface area contributed by atoms with E-state index in [1.54, 1.807) is 0 Å². The number of hydrogen-bond donors (Lipinski definition) is 1. The molecule has 0 spiro atoms. The molecule has 3 heteroatoms. The fourth-order valence-corrected chi connectivity index (χ4v) is 3.38. The van der Waals surface area contributed by atoms with Crippen molar-refractivity contribution in [2.75, 3.05) is 18.1 Å². The van der Waals surface area contributed by atoms with Gasteiger partial charge in [0.1, 0.15) is 0 Å². The van der Waals surface area contributed by atoms with Gasteiger partial charge in [-0.05, 0) is 63.3 Å². The van der Waals surface area contributed by atoms with Gasteiger partial charge in [-0.1, -0.05) is 11.6 Å². The van der Waals surface area contributed by atoms with Crippen molar-refractivity contribution in [3.05, 3.63) is 28.8 Å². The monoisotopic (exact) mass is 267 g/mol. The molecule has 1 N–H and O–H groups in total. The summed E-state index contributed by atoms with van der Waals surface area (Å²) >= 11 is 6.02. The van der Waals surface area contributed by atoms with Crippen LogP contribution in [0.4, 0.5) is 5.69 Å². The molecule has 1 fully saturated rings. The molecule has 0 amide bonds. The van der Waals surface area contributed by atoms with E-state index in [0.717, 1.165) is 24.4 Å². The molecular formula is C15H22ClNO. The molecule has 1 saturated heterocycles. The van der Waals surface area contributed by atoms with E-state index < -0.39 is 0 Å². The third-order valence-corrected chi connectivity index (χ3v) is 4.56. The van der Waals surface area contributed by atoms with Crippen LogP contribution in [0.5, 0.6) is 0 Å². The van der Waals surface area contributed by atoms with E-state index in [2.05, 4.69) is 31.7 Å². The summed E-state index contributed by atoms with van der Waals surface area (Å²) in [7, 11) is 0. The van der Waals surface area contributed by atoms with Gasteiger partial charge in [-0.3, -0.25) is 0 Å². The summed E-state index contributed by atoms with van der Waals surface area (Å²) in [5, 5.41) is 9.96. The summed E-state index contributed by atoms with van der Waals surface area (Å²) in [6.07, 6.45) is 2.03. The third kappa shape index (κ3) is 2.36. The van der Waals surface area contributed by atoms with E-state index in [9.17, 15) is 5.11 Å². The van der Waals surface area contributed by atoms with Gasteiger partial charge < -0.3 is 10.0 Å². The van der Waals surface area contributed by atoms with Crippen LogP contribution in [-0.2, 0) is 0 Å². The minimum absolute atomic E-state index is 0.0985. The van der Waals surface area contributed by atoms with Gasteiger partial charge >= 0.3 is 0 Å². The lowest BCUT2D eigenvalue weighted by atomic mass is 9.86. The molecule has 1 aliphatic heterocycles. The zero-order valence-electron chi connectivity index (χ0n) is 11.4. The summed E-state index contributed by atoms with van der Waals surface area (Å²) in [6, 6.07) is 6.09. The Labute approximate surface area is 115 Å². The molecule has 1 aromatic rings. The zero-order valence-corrected chi connectivity index (χ0v) is 12.2. The molecule has 1 aliphatic rings. The van der Waals surface area contributed by atoms with Crippen molar-refractivity contribution in [3.8, 4) is 0 Å². The summed E-state index contributed by atoms with van der Waals surface area (Å²) in [5.41, 5.74) is 2.59. The first-order valence-corrected chi connectivity index (χ1v) is 6.99. The third-order valence-electron chi connectivity index (χ3n) is 4.32. The number of hydrogen-bond acceptors (Lipinski definition) is 2. The van der Waals surface area contributed by atoms with Crippen molar-refractivity contribution < 1.29 is 5.11 Å². The first-order valence-electron chi connectivity index (χ1n) is 6.61. The van der Waals surface area contributed by atoms with Crippen molar-refractivity contribution in [2.24, 2.45) is 5.92 Å². The molecule has 1 unspecified atom stereocenters. The Morgan fingerprint density at radius 2 is 2.17 bits per heavy atom. The molecule has 18 heavy (non-hydrogen) atoms. The second kappa shape index (κ2) is 5.10. The SMILES string of the molecule is Cc1cc(Cl)ccc1N1CCC(CCO)C1(C)C. The van der Waals surface area contributed by atoms with Crippen molar-refractivity contribution in [3.63, 3.8) is 0 Å². The minimum atomic E-state index is 0.0985. The van der Waals surface area contributed by atoms with E-state index in [4.69, 9.17) is 11.6 Å². The predicted octanol–water partition coefficient (Wildman–Crippen LogP) is 3.64. The maximum Gasteiger partial charge on any atom is 0.0434 e. The van der Waals surface area contributed by atoms with Crippen LogP contribution >= 0.6 is 11.6 Å². The van der Waals surface area contributed by atoms with Gasteiger partial charge in [-0.2, -0.15) is 0 Å². The lowest BCUT2D eigenvalue weighted by molar-refractivity contribution is 0.229.